The standard InChI is InChI=1S/C31H39N3O5/c1-5-38-29-17-24-25-16-23(39-19(2)35)9-10-27(25)33-30(26(24)18-28(29)37-4)21-7-6-8-22(15-21)32-31(36)20-11-13-34(3)14-12-20/h6-8,15,17-18,20,23,25,27H,5,9-14,16H2,1-4H3,(H,32,36). The van der Waals surface area contributed by atoms with Gasteiger partial charge in [-0.3, -0.25) is 14.6 Å². The molecule has 1 saturated carbocycles. The van der Waals surface area contributed by atoms with Gasteiger partial charge in [0.25, 0.3) is 0 Å². The van der Waals surface area contributed by atoms with Crippen LogP contribution in [0.1, 0.15) is 68.6 Å². The first-order chi connectivity index (χ1) is 18.9. The predicted molar refractivity (Wildman–Crippen MR) is 151 cm³/mol. The topological polar surface area (TPSA) is 89.5 Å². The van der Waals surface area contributed by atoms with Crippen molar-refractivity contribution >= 4 is 23.3 Å². The summed E-state index contributed by atoms with van der Waals surface area (Å²) in [5.74, 6) is 1.33. The predicted octanol–water partition coefficient (Wildman–Crippen LogP) is 4.79. The second kappa shape index (κ2) is 11.8. The highest BCUT2D eigenvalue weighted by atomic mass is 16.5. The van der Waals surface area contributed by atoms with Gasteiger partial charge >= 0.3 is 5.97 Å². The summed E-state index contributed by atoms with van der Waals surface area (Å²) in [5, 5.41) is 3.15. The van der Waals surface area contributed by atoms with Crippen molar-refractivity contribution in [2.75, 3.05) is 39.2 Å². The van der Waals surface area contributed by atoms with E-state index in [1.807, 2.05) is 37.3 Å². The van der Waals surface area contributed by atoms with Crippen LogP contribution in [0.3, 0.4) is 0 Å². The van der Waals surface area contributed by atoms with E-state index in [4.69, 9.17) is 19.2 Å². The van der Waals surface area contributed by atoms with Crippen molar-refractivity contribution in [3.8, 4) is 11.5 Å². The maximum absolute atomic E-state index is 13.0. The minimum atomic E-state index is -0.248. The second-order valence-corrected chi connectivity index (χ2v) is 10.9. The van der Waals surface area contributed by atoms with E-state index in [1.54, 1.807) is 7.11 Å². The largest absolute Gasteiger partial charge is 0.493 e. The SMILES string of the molecule is CCOc1cc2c(cc1OC)C(c1cccc(NC(=O)C3CCN(C)CC3)c1)=NC1CCC(OC(C)=O)CC21. The molecule has 3 atom stereocenters. The number of benzene rings is 2. The molecule has 1 aliphatic carbocycles. The molecule has 8 heteroatoms. The molecule has 8 nitrogen and oxygen atoms in total. The molecule has 0 radical (unpaired) electrons. The molecule has 1 saturated heterocycles. The van der Waals surface area contributed by atoms with Crippen molar-refractivity contribution in [2.24, 2.45) is 10.9 Å². The number of esters is 1. The number of nitrogens with zero attached hydrogens (tertiary/aromatic N) is 2. The first-order valence-electron chi connectivity index (χ1n) is 14.1. The monoisotopic (exact) mass is 533 g/mol. The number of methoxy groups -OCH3 is 1. The van der Waals surface area contributed by atoms with Gasteiger partial charge in [0, 0.05) is 35.6 Å². The molecular formula is C31H39N3O5. The molecule has 1 amide bonds. The number of rotatable bonds is 7. The van der Waals surface area contributed by atoms with Gasteiger partial charge in [-0.25, -0.2) is 0 Å². The lowest BCUT2D eigenvalue weighted by molar-refractivity contribution is -0.148. The van der Waals surface area contributed by atoms with Crippen molar-refractivity contribution in [3.05, 3.63) is 53.1 Å². The molecule has 2 aromatic carbocycles. The number of carbonyl (C=O) groups is 2. The minimum Gasteiger partial charge on any atom is -0.493 e. The summed E-state index contributed by atoms with van der Waals surface area (Å²) < 4.78 is 17.2. The summed E-state index contributed by atoms with van der Waals surface area (Å²) >= 11 is 0. The summed E-state index contributed by atoms with van der Waals surface area (Å²) in [5.41, 5.74) is 4.73. The Bertz CT molecular complexity index is 1250. The summed E-state index contributed by atoms with van der Waals surface area (Å²) in [6, 6.07) is 12.1. The van der Waals surface area contributed by atoms with E-state index in [1.165, 1.54) is 6.92 Å². The fourth-order valence-corrected chi connectivity index (χ4v) is 6.19. The van der Waals surface area contributed by atoms with Gasteiger partial charge in [-0.15, -0.1) is 0 Å². The average molecular weight is 534 g/mol. The maximum atomic E-state index is 13.0. The number of fused-ring (bicyclic) bond motifs is 3. The number of likely N-dealkylation sites (tertiary alicyclic amines) is 1. The average Bonchev–Trinajstić information content (AvgIpc) is 2.92. The highest BCUT2D eigenvalue weighted by Crippen LogP contribution is 2.45. The summed E-state index contributed by atoms with van der Waals surface area (Å²) in [4.78, 5) is 32.2. The number of piperidine rings is 1. The summed E-state index contributed by atoms with van der Waals surface area (Å²) in [7, 11) is 3.74. The molecular weight excluding hydrogens is 494 g/mol. The van der Waals surface area contributed by atoms with Crippen LogP contribution in [0.5, 0.6) is 11.5 Å². The summed E-state index contributed by atoms with van der Waals surface area (Å²) in [6.45, 7) is 5.83. The number of amides is 1. The lowest BCUT2D eigenvalue weighted by atomic mass is 9.74. The van der Waals surface area contributed by atoms with E-state index in [2.05, 4.69) is 23.3 Å². The second-order valence-electron chi connectivity index (χ2n) is 10.9. The first-order valence-corrected chi connectivity index (χ1v) is 14.1. The highest BCUT2D eigenvalue weighted by molar-refractivity contribution is 6.15. The molecule has 3 unspecified atom stereocenters. The number of anilines is 1. The molecule has 0 spiro atoms. The van der Waals surface area contributed by atoms with Gasteiger partial charge in [0.1, 0.15) is 6.10 Å². The third-order valence-corrected chi connectivity index (χ3v) is 8.18. The van der Waals surface area contributed by atoms with Gasteiger partial charge < -0.3 is 24.4 Å². The van der Waals surface area contributed by atoms with Crippen LogP contribution in [-0.4, -0.2) is 68.5 Å². The summed E-state index contributed by atoms with van der Waals surface area (Å²) in [6.07, 6.45) is 3.97. The molecule has 1 N–H and O–H groups in total. The number of ether oxygens (including phenoxy) is 3. The Morgan fingerprint density at radius 2 is 1.87 bits per heavy atom. The van der Waals surface area contributed by atoms with Gasteiger partial charge in [-0.1, -0.05) is 12.1 Å². The lowest BCUT2D eigenvalue weighted by Crippen LogP contribution is -2.36. The van der Waals surface area contributed by atoms with Crippen LogP contribution < -0.4 is 14.8 Å². The molecule has 3 aliphatic rings. The van der Waals surface area contributed by atoms with Crippen LogP contribution in [0.25, 0.3) is 0 Å². The van der Waals surface area contributed by atoms with Crippen LogP contribution in [0.2, 0.25) is 0 Å². The zero-order valence-electron chi connectivity index (χ0n) is 23.4. The maximum Gasteiger partial charge on any atom is 0.302 e. The Hall–Kier alpha value is -3.39. The Balaban J connectivity index is 1.48. The zero-order chi connectivity index (χ0) is 27.5. The molecule has 2 fully saturated rings. The Labute approximate surface area is 230 Å². The van der Waals surface area contributed by atoms with Gasteiger partial charge in [0.05, 0.1) is 25.5 Å². The number of nitrogens with one attached hydrogen (secondary N) is 1. The quantitative estimate of drug-likeness (QED) is 0.515. The van der Waals surface area contributed by atoms with E-state index >= 15 is 0 Å². The number of hydrogen-bond acceptors (Lipinski definition) is 7. The van der Waals surface area contributed by atoms with Crippen molar-refractivity contribution in [1.82, 2.24) is 4.90 Å². The third kappa shape index (κ3) is 5.96. The Kier molecular flexibility index (Phi) is 8.21. The number of carbonyl (C=O) groups excluding carboxylic acids is 2. The molecule has 0 bridgehead atoms. The van der Waals surface area contributed by atoms with Crippen molar-refractivity contribution < 1.29 is 23.8 Å². The third-order valence-electron chi connectivity index (χ3n) is 8.18. The molecule has 39 heavy (non-hydrogen) atoms. The van der Waals surface area contributed by atoms with Gasteiger partial charge in [0.15, 0.2) is 11.5 Å². The fourth-order valence-electron chi connectivity index (χ4n) is 6.19. The smallest absolute Gasteiger partial charge is 0.302 e. The van der Waals surface area contributed by atoms with Gasteiger partial charge in [-0.05, 0) is 89.0 Å². The van der Waals surface area contributed by atoms with E-state index < -0.39 is 0 Å². The van der Waals surface area contributed by atoms with E-state index in [9.17, 15) is 9.59 Å². The number of hydrogen-bond donors (Lipinski definition) is 1. The van der Waals surface area contributed by atoms with Crippen LogP contribution in [-0.2, 0) is 14.3 Å². The fraction of sp³-hybridized carbons (Fsp3) is 0.516. The lowest BCUT2D eigenvalue weighted by Gasteiger charge is -2.38. The van der Waals surface area contributed by atoms with Crippen molar-refractivity contribution in [1.29, 1.82) is 0 Å². The Morgan fingerprint density at radius 3 is 2.59 bits per heavy atom. The van der Waals surface area contributed by atoms with Crippen LogP contribution in [0.4, 0.5) is 5.69 Å². The normalized spacial score (nSPS) is 23.2. The molecule has 2 heterocycles. The highest BCUT2D eigenvalue weighted by Gasteiger charge is 2.39. The van der Waals surface area contributed by atoms with Gasteiger partial charge in [0.2, 0.25) is 5.91 Å². The Morgan fingerprint density at radius 1 is 1.08 bits per heavy atom. The molecule has 2 aliphatic heterocycles. The van der Waals surface area contributed by atoms with E-state index in [0.717, 1.165) is 73.3 Å². The van der Waals surface area contributed by atoms with Crippen LogP contribution >= 0.6 is 0 Å². The first kappa shape index (κ1) is 27.2. The van der Waals surface area contributed by atoms with Gasteiger partial charge in [-0.2, -0.15) is 0 Å². The van der Waals surface area contributed by atoms with Crippen molar-refractivity contribution in [2.45, 2.75) is 64.0 Å². The zero-order valence-corrected chi connectivity index (χ0v) is 23.4. The minimum absolute atomic E-state index is 0.0343. The van der Waals surface area contributed by atoms with Crippen LogP contribution in [0.15, 0.2) is 41.4 Å². The molecule has 208 valence electrons. The molecule has 2 aromatic rings. The van der Waals surface area contributed by atoms with Crippen molar-refractivity contribution in [3.63, 3.8) is 0 Å². The van der Waals surface area contributed by atoms with E-state index in [0.29, 0.717) is 18.1 Å². The van der Waals surface area contributed by atoms with Crippen LogP contribution in [0, 0.1) is 5.92 Å². The number of aliphatic imine (C=N–C) groups is 1. The molecule has 5 rings (SSSR count). The van der Waals surface area contributed by atoms with E-state index in [-0.39, 0.29) is 35.9 Å². The molecule has 0 aromatic heterocycles.